The Kier molecular flexibility index (Phi) is 5.92. The van der Waals surface area contributed by atoms with Gasteiger partial charge in [-0.25, -0.2) is 14.4 Å². The minimum Gasteiger partial charge on any atom is -0.343 e. The Bertz CT molecular complexity index is 1080. The van der Waals surface area contributed by atoms with E-state index in [2.05, 4.69) is 19.9 Å². The van der Waals surface area contributed by atoms with Crippen LogP contribution < -0.4 is 5.56 Å². The summed E-state index contributed by atoms with van der Waals surface area (Å²) in [5.41, 5.74) is 1.55. The fourth-order valence-corrected chi connectivity index (χ4v) is 3.75. The molecule has 30 heavy (non-hydrogen) atoms. The molecule has 1 saturated heterocycles. The predicted molar refractivity (Wildman–Crippen MR) is 109 cm³/mol. The van der Waals surface area contributed by atoms with Gasteiger partial charge in [0.05, 0.1) is 11.9 Å². The number of H-pyrrole nitrogens is 1. The molecule has 1 fully saturated rings. The number of likely N-dealkylation sites (tertiary alicyclic amines) is 1. The first-order valence-corrected chi connectivity index (χ1v) is 9.99. The second kappa shape index (κ2) is 8.94. The second-order valence-electron chi connectivity index (χ2n) is 7.36. The number of aromatic nitrogens is 4. The molecule has 1 aliphatic rings. The first kappa shape index (κ1) is 19.9. The van der Waals surface area contributed by atoms with Gasteiger partial charge in [0.25, 0.3) is 5.56 Å². The van der Waals surface area contributed by atoms with Crippen molar-refractivity contribution in [2.24, 2.45) is 0 Å². The van der Waals surface area contributed by atoms with Crippen LogP contribution in [0.25, 0.3) is 11.5 Å². The zero-order valence-electron chi connectivity index (χ0n) is 16.4. The number of hydrogen-bond donors (Lipinski definition) is 1. The summed E-state index contributed by atoms with van der Waals surface area (Å²) >= 11 is 0. The van der Waals surface area contributed by atoms with Gasteiger partial charge >= 0.3 is 0 Å². The van der Waals surface area contributed by atoms with Crippen molar-refractivity contribution >= 4 is 5.91 Å². The summed E-state index contributed by atoms with van der Waals surface area (Å²) < 4.78 is 13.7. The maximum absolute atomic E-state index is 13.7. The third-order valence-corrected chi connectivity index (χ3v) is 5.40. The summed E-state index contributed by atoms with van der Waals surface area (Å²) in [6, 6.07) is 8.06. The molecule has 8 heteroatoms. The van der Waals surface area contributed by atoms with Crippen molar-refractivity contribution < 1.29 is 9.18 Å². The number of rotatable bonds is 5. The van der Waals surface area contributed by atoms with Crippen LogP contribution in [0, 0.1) is 5.82 Å². The van der Waals surface area contributed by atoms with E-state index in [1.165, 1.54) is 12.1 Å². The Morgan fingerprint density at radius 2 is 2.00 bits per heavy atom. The number of carbonyl (C=O) groups excluding carboxylic acids is 1. The zero-order valence-corrected chi connectivity index (χ0v) is 16.4. The number of hydrogen-bond acceptors (Lipinski definition) is 5. The Morgan fingerprint density at radius 3 is 2.73 bits per heavy atom. The third kappa shape index (κ3) is 4.59. The lowest BCUT2D eigenvalue weighted by molar-refractivity contribution is -0.132. The molecule has 0 unspecified atom stereocenters. The quantitative estimate of drug-likeness (QED) is 0.702. The molecule has 0 saturated carbocycles. The molecule has 3 aromatic rings. The first-order valence-electron chi connectivity index (χ1n) is 9.99. The molecule has 0 aliphatic carbocycles. The molecule has 0 bridgehead atoms. The first-order chi connectivity index (χ1) is 14.6. The number of aromatic amines is 1. The van der Waals surface area contributed by atoms with Gasteiger partial charge in [-0.2, -0.15) is 0 Å². The van der Waals surface area contributed by atoms with Crippen LogP contribution in [0.1, 0.15) is 36.4 Å². The molecule has 0 atom stereocenters. The summed E-state index contributed by atoms with van der Waals surface area (Å²) in [6.07, 6.45) is 6.79. The highest BCUT2D eigenvalue weighted by Crippen LogP contribution is 2.27. The van der Waals surface area contributed by atoms with Crippen LogP contribution in [0.4, 0.5) is 4.39 Å². The lowest BCUT2D eigenvalue weighted by Gasteiger charge is -2.32. The number of halogens is 1. The lowest BCUT2D eigenvalue weighted by Crippen LogP contribution is -2.38. The summed E-state index contributed by atoms with van der Waals surface area (Å²) in [5.74, 6) is 0.242. The van der Waals surface area contributed by atoms with Gasteiger partial charge in [0.2, 0.25) is 5.91 Å². The van der Waals surface area contributed by atoms with Crippen molar-refractivity contribution in [3.05, 3.63) is 76.4 Å². The van der Waals surface area contributed by atoms with Gasteiger partial charge in [-0.1, -0.05) is 18.2 Å². The van der Waals surface area contributed by atoms with E-state index in [0.717, 1.165) is 12.8 Å². The second-order valence-corrected chi connectivity index (χ2v) is 7.36. The molecule has 1 amide bonds. The van der Waals surface area contributed by atoms with Crippen molar-refractivity contribution in [1.82, 2.24) is 24.8 Å². The van der Waals surface area contributed by atoms with E-state index in [4.69, 9.17) is 0 Å². The number of nitrogens with one attached hydrogen (secondary N) is 1. The molecule has 1 N–H and O–H groups in total. The molecule has 4 rings (SSSR count). The van der Waals surface area contributed by atoms with Crippen molar-refractivity contribution in [3.63, 3.8) is 0 Å². The highest BCUT2D eigenvalue weighted by atomic mass is 19.1. The Hall–Kier alpha value is -3.42. The van der Waals surface area contributed by atoms with Gasteiger partial charge in [-0.05, 0) is 30.9 Å². The lowest BCUT2D eigenvalue weighted by atomic mass is 9.93. The minimum atomic E-state index is -0.275. The van der Waals surface area contributed by atoms with Crippen molar-refractivity contribution in [2.45, 2.75) is 31.6 Å². The number of piperidine rings is 1. The summed E-state index contributed by atoms with van der Waals surface area (Å²) in [7, 11) is 0. The van der Waals surface area contributed by atoms with Crippen LogP contribution in [0.5, 0.6) is 0 Å². The molecular weight excluding hydrogens is 385 g/mol. The summed E-state index contributed by atoms with van der Waals surface area (Å²) in [6.45, 7) is 1.19. The molecule has 3 heterocycles. The van der Waals surface area contributed by atoms with E-state index >= 15 is 0 Å². The molecule has 0 radical (unpaired) electrons. The smallest absolute Gasteiger partial charge is 0.251 e. The number of aryl methyl sites for hydroxylation is 1. The van der Waals surface area contributed by atoms with Gasteiger partial charge in [0, 0.05) is 43.9 Å². The van der Waals surface area contributed by atoms with Gasteiger partial charge in [0.1, 0.15) is 11.5 Å². The number of amides is 1. The minimum absolute atomic E-state index is 0.0239. The van der Waals surface area contributed by atoms with Crippen molar-refractivity contribution in [3.8, 4) is 11.5 Å². The van der Waals surface area contributed by atoms with Gasteiger partial charge in [0.15, 0.2) is 5.82 Å². The SMILES string of the molecule is O=C(CCc1ccccc1F)N1CCC(c2cc(=O)[nH]c(-c3cnccn3)n2)CC1. The summed E-state index contributed by atoms with van der Waals surface area (Å²) in [5, 5.41) is 0. The normalized spacial score (nSPS) is 14.6. The van der Waals surface area contributed by atoms with Crippen LogP contribution in [0.15, 0.2) is 53.7 Å². The van der Waals surface area contributed by atoms with E-state index in [1.54, 1.807) is 36.8 Å². The molecule has 154 valence electrons. The standard InChI is InChI=1S/C22H22FN5O2/c23-17-4-2-1-3-15(17)5-6-21(30)28-11-7-16(8-12-28)18-13-20(29)27-22(26-18)19-14-24-9-10-25-19/h1-4,9-10,13-14,16H,5-8,11-12H2,(H,26,27,29). The zero-order chi connectivity index (χ0) is 20.9. The van der Waals surface area contributed by atoms with E-state index in [0.29, 0.717) is 42.3 Å². The fourth-order valence-electron chi connectivity index (χ4n) is 3.75. The Morgan fingerprint density at radius 1 is 1.20 bits per heavy atom. The van der Waals surface area contributed by atoms with E-state index in [1.807, 2.05) is 4.90 Å². The average Bonchev–Trinajstić information content (AvgIpc) is 2.78. The maximum atomic E-state index is 13.7. The highest BCUT2D eigenvalue weighted by molar-refractivity contribution is 5.76. The fraction of sp³-hybridized carbons (Fsp3) is 0.318. The van der Waals surface area contributed by atoms with Crippen molar-refractivity contribution in [2.75, 3.05) is 13.1 Å². The average molecular weight is 407 g/mol. The highest BCUT2D eigenvalue weighted by Gasteiger charge is 2.25. The topological polar surface area (TPSA) is 91.8 Å². The van der Waals surface area contributed by atoms with E-state index < -0.39 is 0 Å². The van der Waals surface area contributed by atoms with Crippen molar-refractivity contribution in [1.29, 1.82) is 0 Å². The van der Waals surface area contributed by atoms with Crippen LogP contribution in [-0.2, 0) is 11.2 Å². The number of carbonyl (C=O) groups is 1. The maximum Gasteiger partial charge on any atom is 0.251 e. The van der Waals surface area contributed by atoms with Crippen LogP contribution in [0.2, 0.25) is 0 Å². The molecule has 7 nitrogen and oxygen atoms in total. The summed E-state index contributed by atoms with van der Waals surface area (Å²) in [4.78, 5) is 41.9. The Labute approximate surface area is 173 Å². The predicted octanol–water partition coefficient (Wildman–Crippen LogP) is 2.70. The van der Waals surface area contributed by atoms with E-state index in [-0.39, 0.29) is 29.6 Å². The van der Waals surface area contributed by atoms with Crippen LogP contribution in [0.3, 0.4) is 0 Å². The molecule has 0 spiro atoms. The van der Waals surface area contributed by atoms with Crippen LogP contribution >= 0.6 is 0 Å². The van der Waals surface area contributed by atoms with Gasteiger partial charge < -0.3 is 9.88 Å². The number of benzene rings is 1. The third-order valence-electron chi connectivity index (χ3n) is 5.40. The molecular formula is C22H22FN5O2. The van der Waals surface area contributed by atoms with E-state index in [9.17, 15) is 14.0 Å². The Balaban J connectivity index is 1.37. The molecule has 1 aromatic carbocycles. The van der Waals surface area contributed by atoms with Gasteiger partial charge in [-0.3, -0.25) is 14.6 Å². The largest absolute Gasteiger partial charge is 0.343 e. The van der Waals surface area contributed by atoms with Crippen LogP contribution in [-0.4, -0.2) is 43.8 Å². The molecule has 2 aromatic heterocycles. The monoisotopic (exact) mass is 407 g/mol. The number of nitrogens with zero attached hydrogens (tertiary/aromatic N) is 4. The molecule has 1 aliphatic heterocycles. The van der Waals surface area contributed by atoms with Gasteiger partial charge in [-0.15, -0.1) is 0 Å².